The van der Waals surface area contributed by atoms with Crippen LogP contribution in [-0.2, 0) is 10.0 Å². The molecule has 6 heteroatoms. The maximum atomic E-state index is 12.7. The molecule has 5 nitrogen and oxygen atoms in total. The molecule has 0 aliphatic rings. The zero-order valence-electron chi connectivity index (χ0n) is 11.9. The maximum absolute atomic E-state index is 12.7. The van der Waals surface area contributed by atoms with Gasteiger partial charge in [-0.25, -0.2) is 8.42 Å². The molecule has 2 aromatic rings. The van der Waals surface area contributed by atoms with Crippen LogP contribution >= 0.6 is 0 Å². The third kappa shape index (κ3) is 2.95. The molecule has 0 aliphatic carbocycles. The number of nitrogens with two attached hydrogens (primary N) is 1. The topological polar surface area (TPSA) is 83.6 Å². The standard InChI is InChI=1S/C15H18N2O3S/c1-3-17(12-6-4-11(2)5-7-12)21(19,20)13-8-9-15(18)14(16)10-13/h4-10,18H,3,16H2,1-2H3. The Morgan fingerprint density at radius 1 is 1.14 bits per heavy atom. The Labute approximate surface area is 124 Å². The Hall–Kier alpha value is -2.21. The van der Waals surface area contributed by atoms with E-state index < -0.39 is 10.0 Å². The highest BCUT2D eigenvalue weighted by atomic mass is 32.2. The molecule has 0 unspecified atom stereocenters. The number of aryl methyl sites for hydroxylation is 1. The quantitative estimate of drug-likeness (QED) is 0.671. The Balaban J connectivity index is 2.49. The minimum Gasteiger partial charge on any atom is -0.506 e. The third-order valence-electron chi connectivity index (χ3n) is 3.20. The fourth-order valence-corrected chi connectivity index (χ4v) is 3.53. The molecule has 0 fully saturated rings. The van der Waals surface area contributed by atoms with Crippen LogP contribution in [0.4, 0.5) is 11.4 Å². The Kier molecular flexibility index (Phi) is 4.09. The van der Waals surface area contributed by atoms with Crippen LogP contribution in [0.15, 0.2) is 47.4 Å². The van der Waals surface area contributed by atoms with E-state index in [0.29, 0.717) is 12.2 Å². The first-order valence-corrected chi connectivity index (χ1v) is 7.98. The third-order valence-corrected chi connectivity index (χ3v) is 5.10. The van der Waals surface area contributed by atoms with Gasteiger partial charge in [0.2, 0.25) is 0 Å². The van der Waals surface area contributed by atoms with E-state index in [1.807, 2.05) is 19.1 Å². The highest BCUT2D eigenvalue weighted by Gasteiger charge is 2.24. The first-order chi connectivity index (χ1) is 9.86. The van der Waals surface area contributed by atoms with Gasteiger partial charge >= 0.3 is 0 Å². The SMILES string of the molecule is CCN(c1ccc(C)cc1)S(=O)(=O)c1ccc(O)c(N)c1. The summed E-state index contributed by atoms with van der Waals surface area (Å²) in [6, 6.07) is 11.1. The molecule has 0 aliphatic heterocycles. The Morgan fingerprint density at radius 2 is 1.76 bits per heavy atom. The second-order valence-corrected chi connectivity index (χ2v) is 6.59. The van der Waals surface area contributed by atoms with E-state index in [9.17, 15) is 13.5 Å². The van der Waals surface area contributed by atoms with E-state index >= 15 is 0 Å². The van der Waals surface area contributed by atoms with Gasteiger partial charge in [0.05, 0.1) is 16.3 Å². The smallest absolute Gasteiger partial charge is 0.264 e. The molecule has 2 rings (SSSR count). The van der Waals surface area contributed by atoms with Crippen LogP contribution in [0.3, 0.4) is 0 Å². The van der Waals surface area contributed by atoms with Crippen LogP contribution in [0.25, 0.3) is 0 Å². The van der Waals surface area contributed by atoms with Crippen molar-refractivity contribution in [2.45, 2.75) is 18.7 Å². The van der Waals surface area contributed by atoms with Crippen molar-refractivity contribution >= 4 is 21.4 Å². The fraction of sp³-hybridized carbons (Fsp3) is 0.200. The van der Waals surface area contributed by atoms with Crippen LogP contribution in [0.5, 0.6) is 5.75 Å². The minimum absolute atomic E-state index is 0.0380. The summed E-state index contributed by atoms with van der Waals surface area (Å²) in [6.45, 7) is 4.00. The molecule has 0 aromatic heterocycles. The van der Waals surface area contributed by atoms with Gasteiger partial charge in [-0.3, -0.25) is 4.31 Å². The lowest BCUT2D eigenvalue weighted by Gasteiger charge is -2.23. The zero-order valence-corrected chi connectivity index (χ0v) is 12.8. The number of rotatable bonds is 4. The minimum atomic E-state index is -3.71. The molecule has 0 amide bonds. The summed E-state index contributed by atoms with van der Waals surface area (Å²) in [5.74, 6) is -0.132. The number of sulfonamides is 1. The number of hydrogen-bond donors (Lipinski definition) is 2. The van der Waals surface area contributed by atoms with Gasteiger partial charge in [0, 0.05) is 6.54 Å². The van der Waals surface area contributed by atoms with Crippen molar-refractivity contribution in [1.29, 1.82) is 0 Å². The van der Waals surface area contributed by atoms with Gasteiger partial charge in [0.15, 0.2) is 0 Å². The van der Waals surface area contributed by atoms with E-state index in [0.717, 1.165) is 5.56 Å². The van der Waals surface area contributed by atoms with Crippen LogP contribution in [0, 0.1) is 6.92 Å². The number of phenols is 1. The van der Waals surface area contributed by atoms with E-state index in [-0.39, 0.29) is 16.3 Å². The normalized spacial score (nSPS) is 11.3. The molecule has 2 aromatic carbocycles. The monoisotopic (exact) mass is 306 g/mol. The molecule has 0 saturated carbocycles. The van der Waals surface area contributed by atoms with Gasteiger partial charge < -0.3 is 10.8 Å². The van der Waals surface area contributed by atoms with Crippen LogP contribution in [0.1, 0.15) is 12.5 Å². The van der Waals surface area contributed by atoms with Crippen molar-refractivity contribution in [2.75, 3.05) is 16.6 Å². The number of nitrogens with zero attached hydrogens (tertiary/aromatic N) is 1. The average molecular weight is 306 g/mol. The molecular formula is C15H18N2O3S. The van der Waals surface area contributed by atoms with Crippen molar-refractivity contribution < 1.29 is 13.5 Å². The number of hydrogen-bond acceptors (Lipinski definition) is 4. The van der Waals surface area contributed by atoms with Gasteiger partial charge in [-0.2, -0.15) is 0 Å². The van der Waals surface area contributed by atoms with E-state index in [1.165, 1.54) is 22.5 Å². The van der Waals surface area contributed by atoms with Gasteiger partial charge in [0.25, 0.3) is 10.0 Å². The Morgan fingerprint density at radius 3 is 2.29 bits per heavy atom. The summed E-state index contributed by atoms with van der Waals surface area (Å²) in [5, 5.41) is 9.42. The molecule has 0 spiro atoms. The largest absolute Gasteiger partial charge is 0.506 e. The predicted molar refractivity (Wildman–Crippen MR) is 83.9 cm³/mol. The average Bonchev–Trinajstić information content (AvgIpc) is 2.44. The van der Waals surface area contributed by atoms with Crippen LogP contribution in [-0.4, -0.2) is 20.1 Å². The number of anilines is 2. The van der Waals surface area contributed by atoms with Crippen LogP contribution < -0.4 is 10.0 Å². The van der Waals surface area contributed by atoms with Crippen molar-refractivity contribution in [3.05, 3.63) is 48.0 Å². The van der Waals surface area contributed by atoms with Gasteiger partial charge in [-0.05, 0) is 44.2 Å². The van der Waals surface area contributed by atoms with E-state index in [1.54, 1.807) is 19.1 Å². The van der Waals surface area contributed by atoms with Gasteiger partial charge in [-0.15, -0.1) is 0 Å². The van der Waals surface area contributed by atoms with Crippen LogP contribution in [0.2, 0.25) is 0 Å². The lowest BCUT2D eigenvalue weighted by atomic mass is 10.2. The maximum Gasteiger partial charge on any atom is 0.264 e. The summed E-state index contributed by atoms with van der Waals surface area (Å²) in [7, 11) is -3.71. The lowest BCUT2D eigenvalue weighted by molar-refractivity contribution is 0.477. The lowest BCUT2D eigenvalue weighted by Crippen LogP contribution is -2.30. The first-order valence-electron chi connectivity index (χ1n) is 6.54. The van der Waals surface area contributed by atoms with E-state index in [4.69, 9.17) is 5.73 Å². The summed E-state index contributed by atoms with van der Waals surface area (Å²) >= 11 is 0. The van der Waals surface area contributed by atoms with Crippen molar-refractivity contribution in [2.24, 2.45) is 0 Å². The molecule has 112 valence electrons. The molecule has 0 atom stereocenters. The second kappa shape index (κ2) is 5.65. The number of aromatic hydroxyl groups is 1. The molecule has 0 saturated heterocycles. The number of phenolic OH excluding ortho intramolecular Hbond substituents is 1. The fourth-order valence-electron chi connectivity index (χ4n) is 2.02. The summed E-state index contributed by atoms with van der Waals surface area (Å²) in [4.78, 5) is 0.0558. The summed E-state index contributed by atoms with van der Waals surface area (Å²) in [6.07, 6.45) is 0. The van der Waals surface area contributed by atoms with Gasteiger partial charge in [0.1, 0.15) is 5.75 Å². The number of nitrogen functional groups attached to an aromatic ring is 1. The first kappa shape index (κ1) is 15.2. The highest BCUT2D eigenvalue weighted by Crippen LogP contribution is 2.28. The highest BCUT2D eigenvalue weighted by molar-refractivity contribution is 7.92. The predicted octanol–water partition coefficient (Wildman–Crippen LogP) is 2.50. The molecule has 0 radical (unpaired) electrons. The molecule has 21 heavy (non-hydrogen) atoms. The van der Waals surface area contributed by atoms with Gasteiger partial charge in [-0.1, -0.05) is 17.7 Å². The Bertz CT molecular complexity index is 740. The second-order valence-electron chi connectivity index (χ2n) is 4.73. The number of benzene rings is 2. The van der Waals surface area contributed by atoms with Crippen molar-refractivity contribution in [1.82, 2.24) is 0 Å². The molecule has 0 bridgehead atoms. The summed E-state index contributed by atoms with van der Waals surface area (Å²) < 4.78 is 26.7. The summed E-state index contributed by atoms with van der Waals surface area (Å²) in [5.41, 5.74) is 7.27. The van der Waals surface area contributed by atoms with Crippen molar-refractivity contribution in [3.8, 4) is 5.75 Å². The van der Waals surface area contributed by atoms with E-state index in [2.05, 4.69) is 0 Å². The van der Waals surface area contributed by atoms with Crippen molar-refractivity contribution in [3.63, 3.8) is 0 Å². The zero-order chi connectivity index (χ0) is 15.6. The molecule has 0 heterocycles. The molecule has 3 N–H and O–H groups in total. The molecular weight excluding hydrogens is 288 g/mol.